The van der Waals surface area contributed by atoms with Crippen LogP contribution in [0.1, 0.15) is 43.1 Å². The first-order valence-electron chi connectivity index (χ1n) is 5.51. The van der Waals surface area contributed by atoms with Gasteiger partial charge in [0.15, 0.2) is 0 Å². The van der Waals surface area contributed by atoms with Crippen LogP contribution in [0.2, 0.25) is 0 Å². The Morgan fingerprint density at radius 3 is 2.59 bits per heavy atom. The van der Waals surface area contributed by atoms with Gasteiger partial charge in [0.1, 0.15) is 5.82 Å². The van der Waals surface area contributed by atoms with Crippen LogP contribution in [0.3, 0.4) is 0 Å². The second-order valence-electron chi connectivity index (χ2n) is 4.52. The highest BCUT2D eigenvalue weighted by molar-refractivity contribution is 5.87. The maximum Gasteiger partial charge on any atom is 0.338 e. The normalized spacial score (nSPS) is 11.5. The van der Waals surface area contributed by atoms with Gasteiger partial charge >= 0.3 is 5.97 Å². The molecule has 0 aliphatic carbocycles. The number of hydrogen-bond acceptors (Lipinski definition) is 2. The molecule has 17 heavy (non-hydrogen) atoms. The predicted octanol–water partition coefficient (Wildman–Crippen LogP) is 3.23. The Hall–Kier alpha value is -1.42. The molecule has 0 spiro atoms. The van der Waals surface area contributed by atoms with Gasteiger partial charge in [-0.05, 0) is 38.0 Å². The maximum atomic E-state index is 13.4. The van der Waals surface area contributed by atoms with Gasteiger partial charge in [-0.15, -0.1) is 0 Å². The number of carbonyl (C=O) groups is 1. The van der Waals surface area contributed by atoms with Crippen molar-refractivity contribution in [2.24, 2.45) is 0 Å². The average molecular weight is 240 g/mol. The molecule has 0 unspecified atom stereocenters. The number of carboxylic acids is 1. The maximum absolute atomic E-state index is 13.4. The summed E-state index contributed by atoms with van der Waals surface area (Å²) in [7, 11) is 0. The summed E-state index contributed by atoms with van der Waals surface area (Å²) in [6.07, 6.45) is 0.850. The van der Waals surface area contributed by atoms with Crippen molar-refractivity contribution in [1.29, 1.82) is 0 Å². The molecule has 3 nitrogen and oxygen atoms in total. The number of benzene rings is 1. The monoisotopic (exact) mass is 240 g/mol. The smallest absolute Gasteiger partial charge is 0.338 e. The Kier molecular flexibility index (Phi) is 4.23. The van der Waals surface area contributed by atoms with Gasteiger partial charge in [0, 0.05) is 0 Å². The van der Waals surface area contributed by atoms with Crippen LogP contribution in [-0.2, 0) is 11.3 Å². The molecule has 0 amide bonds. The van der Waals surface area contributed by atoms with E-state index in [1.54, 1.807) is 6.07 Å². The van der Waals surface area contributed by atoms with E-state index in [-0.39, 0.29) is 17.8 Å². The van der Waals surface area contributed by atoms with E-state index >= 15 is 0 Å². The van der Waals surface area contributed by atoms with Crippen molar-refractivity contribution in [3.05, 3.63) is 35.1 Å². The zero-order valence-corrected chi connectivity index (χ0v) is 10.3. The minimum atomic E-state index is -1.26. The molecule has 0 heterocycles. The lowest BCUT2D eigenvalue weighted by Crippen LogP contribution is -2.22. The van der Waals surface area contributed by atoms with Gasteiger partial charge in [-0.2, -0.15) is 0 Å². The van der Waals surface area contributed by atoms with Gasteiger partial charge in [0.05, 0.1) is 17.8 Å². The highest BCUT2D eigenvalue weighted by Gasteiger charge is 2.16. The topological polar surface area (TPSA) is 46.5 Å². The zero-order chi connectivity index (χ0) is 13.1. The first kappa shape index (κ1) is 13.6. The third-order valence-corrected chi connectivity index (χ3v) is 2.74. The van der Waals surface area contributed by atoms with Crippen molar-refractivity contribution in [1.82, 2.24) is 0 Å². The molecule has 1 aromatic carbocycles. The largest absolute Gasteiger partial charge is 0.478 e. The van der Waals surface area contributed by atoms with Crippen LogP contribution in [0.5, 0.6) is 0 Å². The SMILES string of the molecule is CCC(C)(C)OCc1ccc(C(=O)O)c(F)c1. The van der Waals surface area contributed by atoms with E-state index in [2.05, 4.69) is 0 Å². The molecule has 4 heteroatoms. The lowest BCUT2D eigenvalue weighted by molar-refractivity contribution is -0.0317. The Morgan fingerprint density at radius 1 is 1.47 bits per heavy atom. The first-order chi connectivity index (χ1) is 7.85. The number of carboxylic acid groups (broad SMARTS) is 1. The molecule has 0 aliphatic rings. The fourth-order valence-corrected chi connectivity index (χ4v) is 1.20. The molecular weight excluding hydrogens is 223 g/mol. The third kappa shape index (κ3) is 3.82. The molecule has 0 saturated carbocycles. The van der Waals surface area contributed by atoms with Crippen LogP contribution in [0.15, 0.2) is 18.2 Å². The minimum absolute atomic E-state index is 0.262. The van der Waals surface area contributed by atoms with Gasteiger partial charge in [-0.3, -0.25) is 0 Å². The molecule has 1 aromatic rings. The summed E-state index contributed by atoms with van der Waals surface area (Å²) in [5.41, 5.74) is 0.0552. The summed E-state index contributed by atoms with van der Waals surface area (Å²) in [4.78, 5) is 10.6. The molecule has 0 bridgehead atoms. The van der Waals surface area contributed by atoms with Gasteiger partial charge in [0.2, 0.25) is 0 Å². The summed E-state index contributed by atoms with van der Waals surface area (Å²) in [5, 5.41) is 8.68. The number of rotatable bonds is 5. The van der Waals surface area contributed by atoms with Crippen molar-refractivity contribution >= 4 is 5.97 Å². The van der Waals surface area contributed by atoms with Crippen molar-refractivity contribution in [3.8, 4) is 0 Å². The zero-order valence-electron chi connectivity index (χ0n) is 10.3. The van der Waals surface area contributed by atoms with E-state index in [1.807, 2.05) is 20.8 Å². The van der Waals surface area contributed by atoms with E-state index < -0.39 is 11.8 Å². The molecule has 94 valence electrons. The molecule has 0 radical (unpaired) electrons. The quantitative estimate of drug-likeness (QED) is 0.859. The van der Waals surface area contributed by atoms with Crippen LogP contribution in [-0.4, -0.2) is 16.7 Å². The van der Waals surface area contributed by atoms with E-state index in [1.165, 1.54) is 12.1 Å². The van der Waals surface area contributed by atoms with Crippen molar-refractivity contribution in [2.45, 2.75) is 39.4 Å². The number of ether oxygens (including phenoxy) is 1. The summed E-state index contributed by atoms with van der Waals surface area (Å²) in [6.45, 7) is 6.19. The van der Waals surface area contributed by atoms with Crippen molar-refractivity contribution < 1.29 is 19.0 Å². The molecule has 0 aromatic heterocycles. The highest BCUT2D eigenvalue weighted by Crippen LogP contribution is 2.18. The lowest BCUT2D eigenvalue weighted by atomic mass is 10.1. The Labute approximate surface area is 100 Å². The van der Waals surface area contributed by atoms with Crippen molar-refractivity contribution in [3.63, 3.8) is 0 Å². The second-order valence-corrected chi connectivity index (χ2v) is 4.52. The molecule has 0 aliphatic heterocycles. The molecule has 1 N–H and O–H groups in total. The van der Waals surface area contributed by atoms with E-state index in [0.717, 1.165) is 6.42 Å². The van der Waals surface area contributed by atoms with Crippen LogP contribution in [0.4, 0.5) is 4.39 Å². The van der Waals surface area contributed by atoms with Gasteiger partial charge in [-0.25, -0.2) is 9.18 Å². The van der Waals surface area contributed by atoms with Crippen LogP contribution in [0, 0.1) is 5.82 Å². The Morgan fingerprint density at radius 2 is 2.12 bits per heavy atom. The molecule has 0 atom stereocenters. The summed E-state index contributed by atoms with van der Waals surface area (Å²) in [5.74, 6) is -1.99. The number of aromatic carboxylic acids is 1. The first-order valence-corrected chi connectivity index (χ1v) is 5.51. The van der Waals surface area contributed by atoms with E-state index in [4.69, 9.17) is 9.84 Å². The molecular formula is C13H17FO3. The van der Waals surface area contributed by atoms with Gasteiger partial charge < -0.3 is 9.84 Å². The van der Waals surface area contributed by atoms with E-state index in [0.29, 0.717) is 5.56 Å². The fraction of sp³-hybridized carbons (Fsp3) is 0.462. The summed E-state index contributed by atoms with van der Waals surface area (Å²) < 4.78 is 19.0. The minimum Gasteiger partial charge on any atom is -0.478 e. The third-order valence-electron chi connectivity index (χ3n) is 2.74. The van der Waals surface area contributed by atoms with Gasteiger partial charge in [-0.1, -0.05) is 13.0 Å². The molecule has 0 fully saturated rings. The lowest BCUT2D eigenvalue weighted by Gasteiger charge is -2.23. The summed E-state index contributed by atoms with van der Waals surface area (Å²) >= 11 is 0. The van der Waals surface area contributed by atoms with Crippen LogP contribution in [0.25, 0.3) is 0 Å². The molecule has 1 rings (SSSR count). The average Bonchev–Trinajstić information content (AvgIpc) is 2.26. The van der Waals surface area contributed by atoms with E-state index in [9.17, 15) is 9.18 Å². The standard InChI is InChI=1S/C13H17FO3/c1-4-13(2,3)17-8-9-5-6-10(12(15)16)11(14)7-9/h5-7H,4,8H2,1-3H3,(H,15,16). The fourth-order valence-electron chi connectivity index (χ4n) is 1.20. The molecule has 0 saturated heterocycles. The van der Waals surface area contributed by atoms with Crippen LogP contribution < -0.4 is 0 Å². The van der Waals surface area contributed by atoms with Gasteiger partial charge in [0.25, 0.3) is 0 Å². The number of halogens is 1. The second kappa shape index (κ2) is 5.27. The Bertz CT molecular complexity index is 413. The van der Waals surface area contributed by atoms with Crippen LogP contribution >= 0.6 is 0 Å². The Balaban J connectivity index is 2.75. The number of hydrogen-bond donors (Lipinski definition) is 1. The predicted molar refractivity (Wildman–Crippen MR) is 62.5 cm³/mol. The highest BCUT2D eigenvalue weighted by atomic mass is 19.1. The van der Waals surface area contributed by atoms with Crippen molar-refractivity contribution in [2.75, 3.05) is 0 Å². The summed E-state index contributed by atoms with van der Waals surface area (Å²) in [6, 6.07) is 4.03.